The minimum absolute atomic E-state index is 0.788. The van der Waals surface area contributed by atoms with E-state index in [0.29, 0.717) is 0 Å². The largest absolute Gasteiger partial charge is 0.0882 e. The van der Waals surface area contributed by atoms with Gasteiger partial charge >= 0.3 is 0 Å². The van der Waals surface area contributed by atoms with Crippen molar-refractivity contribution in [3.63, 3.8) is 0 Å². The van der Waals surface area contributed by atoms with Gasteiger partial charge in [-0.25, -0.2) is 0 Å². The maximum absolute atomic E-state index is 2.35. The molecular formula is C13H20. The van der Waals surface area contributed by atoms with E-state index in [1.54, 1.807) is 0 Å². The number of allylic oxidation sites excluding steroid dienone is 6. The van der Waals surface area contributed by atoms with Crippen molar-refractivity contribution < 1.29 is 0 Å². The summed E-state index contributed by atoms with van der Waals surface area (Å²) in [6, 6.07) is 0. The van der Waals surface area contributed by atoms with Gasteiger partial charge in [0.25, 0.3) is 0 Å². The third kappa shape index (κ3) is 4.72. The Morgan fingerprint density at radius 2 is 2.08 bits per heavy atom. The highest BCUT2D eigenvalue weighted by Gasteiger charge is 1.99. The van der Waals surface area contributed by atoms with Crippen molar-refractivity contribution in [2.24, 2.45) is 5.92 Å². The van der Waals surface area contributed by atoms with E-state index in [-0.39, 0.29) is 0 Å². The zero-order chi connectivity index (χ0) is 9.36. The van der Waals surface area contributed by atoms with Crippen molar-refractivity contribution in [2.45, 2.75) is 39.0 Å². The van der Waals surface area contributed by atoms with Crippen molar-refractivity contribution in [3.05, 3.63) is 36.5 Å². The molecular weight excluding hydrogens is 156 g/mol. The zero-order valence-electron chi connectivity index (χ0n) is 8.58. The van der Waals surface area contributed by atoms with E-state index >= 15 is 0 Å². The molecule has 0 heterocycles. The minimum Gasteiger partial charge on any atom is -0.0882 e. The molecule has 0 spiro atoms. The lowest BCUT2D eigenvalue weighted by atomic mass is 9.99. The molecule has 1 unspecified atom stereocenters. The summed E-state index contributed by atoms with van der Waals surface area (Å²) in [5, 5.41) is 0. The van der Waals surface area contributed by atoms with E-state index < -0.39 is 0 Å². The van der Waals surface area contributed by atoms with Crippen molar-refractivity contribution >= 4 is 0 Å². The third-order valence-corrected chi connectivity index (χ3v) is 2.54. The normalized spacial score (nSPS) is 24.2. The van der Waals surface area contributed by atoms with E-state index in [0.717, 1.165) is 12.3 Å². The van der Waals surface area contributed by atoms with Gasteiger partial charge in [0.1, 0.15) is 0 Å². The van der Waals surface area contributed by atoms with E-state index in [9.17, 15) is 0 Å². The van der Waals surface area contributed by atoms with E-state index in [1.165, 1.54) is 25.7 Å². The molecule has 0 aromatic carbocycles. The van der Waals surface area contributed by atoms with Crippen molar-refractivity contribution in [1.82, 2.24) is 0 Å². The lowest BCUT2D eigenvalue weighted by Crippen LogP contribution is -1.93. The molecule has 1 atom stereocenters. The van der Waals surface area contributed by atoms with Crippen LogP contribution in [0.3, 0.4) is 0 Å². The summed E-state index contributed by atoms with van der Waals surface area (Å²) >= 11 is 0. The molecule has 0 saturated carbocycles. The quantitative estimate of drug-likeness (QED) is 0.524. The van der Waals surface area contributed by atoms with Gasteiger partial charge in [-0.1, -0.05) is 43.4 Å². The average Bonchev–Trinajstić information content (AvgIpc) is 2.22. The second-order valence-corrected chi connectivity index (χ2v) is 3.62. The highest BCUT2D eigenvalue weighted by atomic mass is 14.1. The highest BCUT2D eigenvalue weighted by molar-refractivity contribution is 5.06. The standard InChI is InChI=1S/C13H20/c1-2-13-11-9-7-5-3-4-6-8-10-12-13/h3,5-6,8,10,12-13H,2,4,7,9,11H2,1H3. The smallest absolute Gasteiger partial charge is 0.0166 e. The van der Waals surface area contributed by atoms with Crippen LogP contribution >= 0.6 is 0 Å². The van der Waals surface area contributed by atoms with Gasteiger partial charge in [-0.15, -0.1) is 0 Å². The van der Waals surface area contributed by atoms with Crippen LogP contribution in [0, 0.1) is 5.92 Å². The molecule has 0 N–H and O–H groups in total. The summed E-state index contributed by atoms with van der Waals surface area (Å²) in [7, 11) is 0. The van der Waals surface area contributed by atoms with E-state index in [1.807, 2.05) is 0 Å². The van der Waals surface area contributed by atoms with Crippen molar-refractivity contribution in [1.29, 1.82) is 0 Å². The second kappa shape index (κ2) is 6.71. The predicted molar refractivity (Wildman–Crippen MR) is 59.7 cm³/mol. The first-order chi connectivity index (χ1) is 6.43. The lowest BCUT2D eigenvalue weighted by Gasteiger charge is -2.07. The Morgan fingerprint density at radius 3 is 2.92 bits per heavy atom. The molecule has 0 radical (unpaired) electrons. The second-order valence-electron chi connectivity index (χ2n) is 3.62. The van der Waals surface area contributed by atoms with Crippen LogP contribution in [0.4, 0.5) is 0 Å². The maximum Gasteiger partial charge on any atom is -0.0166 e. The maximum atomic E-state index is 2.35. The van der Waals surface area contributed by atoms with Gasteiger partial charge in [0.05, 0.1) is 0 Å². The van der Waals surface area contributed by atoms with Gasteiger partial charge in [0.2, 0.25) is 0 Å². The van der Waals surface area contributed by atoms with Crippen LogP contribution in [0.1, 0.15) is 39.0 Å². The molecule has 0 aromatic rings. The molecule has 0 heteroatoms. The number of hydrogen-bond donors (Lipinski definition) is 0. The molecule has 1 aliphatic carbocycles. The van der Waals surface area contributed by atoms with Crippen LogP contribution in [0.25, 0.3) is 0 Å². The molecule has 0 aliphatic heterocycles. The summed E-state index contributed by atoms with van der Waals surface area (Å²) in [6.45, 7) is 2.27. The molecule has 0 nitrogen and oxygen atoms in total. The monoisotopic (exact) mass is 176 g/mol. The molecule has 1 rings (SSSR count). The molecule has 13 heavy (non-hydrogen) atoms. The summed E-state index contributed by atoms with van der Waals surface area (Å²) in [5.74, 6) is 0.788. The minimum atomic E-state index is 0.788. The van der Waals surface area contributed by atoms with E-state index in [4.69, 9.17) is 0 Å². The first-order valence-electron chi connectivity index (χ1n) is 5.42. The summed E-state index contributed by atoms with van der Waals surface area (Å²) in [5.41, 5.74) is 0. The fourth-order valence-corrected chi connectivity index (χ4v) is 1.61. The van der Waals surface area contributed by atoms with E-state index in [2.05, 4.69) is 43.4 Å². The Kier molecular flexibility index (Phi) is 5.31. The van der Waals surface area contributed by atoms with Gasteiger partial charge in [-0.05, 0) is 38.0 Å². The third-order valence-electron chi connectivity index (χ3n) is 2.54. The van der Waals surface area contributed by atoms with Gasteiger partial charge in [-0.3, -0.25) is 0 Å². The van der Waals surface area contributed by atoms with Gasteiger partial charge < -0.3 is 0 Å². The zero-order valence-corrected chi connectivity index (χ0v) is 8.58. The molecule has 0 bridgehead atoms. The molecule has 0 amide bonds. The molecule has 0 fully saturated rings. The predicted octanol–water partition coefficient (Wildman–Crippen LogP) is 4.26. The Hall–Kier alpha value is -0.780. The van der Waals surface area contributed by atoms with Crippen LogP contribution in [0.5, 0.6) is 0 Å². The van der Waals surface area contributed by atoms with Crippen LogP contribution < -0.4 is 0 Å². The number of hydrogen-bond acceptors (Lipinski definition) is 0. The molecule has 0 saturated heterocycles. The Balaban J connectivity index is 2.48. The van der Waals surface area contributed by atoms with Gasteiger partial charge in [0.15, 0.2) is 0 Å². The van der Waals surface area contributed by atoms with Gasteiger partial charge in [-0.2, -0.15) is 0 Å². The SMILES string of the molecule is CCC1C=CC=CCC=CCCC1. The molecule has 72 valence electrons. The van der Waals surface area contributed by atoms with Crippen LogP contribution in [0.2, 0.25) is 0 Å². The first kappa shape index (κ1) is 10.3. The van der Waals surface area contributed by atoms with Crippen LogP contribution in [-0.2, 0) is 0 Å². The fourth-order valence-electron chi connectivity index (χ4n) is 1.61. The van der Waals surface area contributed by atoms with Crippen molar-refractivity contribution in [2.75, 3.05) is 0 Å². The Labute approximate surface area is 82.0 Å². The van der Waals surface area contributed by atoms with Crippen LogP contribution in [0.15, 0.2) is 36.5 Å². The number of rotatable bonds is 1. The van der Waals surface area contributed by atoms with Crippen LogP contribution in [-0.4, -0.2) is 0 Å². The Bertz CT molecular complexity index is 196. The molecule has 1 aliphatic rings. The molecule has 0 aromatic heterocycles. The summed E-state index contributed by atoms with van der Waals surface area (Å²) in [4.78, 5) is 0. The fraction of sp³-hybridized carbons (Fsp3) is 0.538. The Morgan fingerprint density at radius 1 is 1.15 bits per heavy atom. The topological polar surface area (TPSA) is 0 Å². The van der Waals surface area contributed by atoms with Gasteiger partial charge in [0, 0.05) is 0 Å². The highest BCUT2D eigenvalue weighted by Crippen LogP contribution is 2.15. The first-order valence-corrected chi connectivity index (χ1v) is 5.42. The van der Waals surface area contributed by atoms with Crippen molar-refractivity contribution in [3.8, 4) is 0 Å². The lowest BCUT2D eigenvalue weighted by molar-refractivity contribution is 0.549. The summed E-state index contributed by atoms with van der Waals surface area (Å²) < 4.78 is 0. The average molecular weight is 176 g/mol. The summed E-state index contributed by atoms with van der Waals surface area (Å²) in [6.07, 6.45) is 19.8.